The largest absolute Gasteiger partial charge is 0.618 e. The topological polar surface area (TPSA) is 85.1 Å². The van der Waals surface area contributed by atoms with Gasteiger partial charge < -0.3 is 10.5 Å². The van der Waals surface area contributed by atoms with Crippen LogP contribution in [0, 0.1) is 5.21 Å². The fraction of sp³-hybridized carbons (Fsp3) is 0.417. The molecule has 19 heavy (non-hydrogen) atoms. The zero-order chi connectivity index (χ0) is 14.4. The van der Waals surface area contributed by atoms with Gasteiger partial charge in [-0.2, -0.15) is 4.73 Å². The molecule has 0 spiro atoms. The Kier molecular flexibility index (Phi) is 5.62. The third kappa shape index (κ3) is 5.17. The van der Waals surface area contributed by atoms with Crippen LogP contribution in [-0.2, 0) is 4.79 Å². The highest BCUT2D eigenvalue weighted by atomic mass is 32.2. The number of carbonyl (C=O) groups excluding carboxylic acids is 2. The van der Waals surface area contributed by atoms with Gasteiger partial charge in [-0.1, -0.05) is 0 Å². The van der Waals surface area contributed by atoms with Crippen LogP contribution < -0.4 is 15.4 Å². The number of hydrogen-bond donors (Lipinski definition) is 2. The number of amides is 3. The van der Waals surface area contributed by atoms with Crippen LogP contribution in [0.5, 0.6) is 0 Å². The highest BCUT2D eigenvalue weighted by molar-refractivity contribution is 8.00. The van der Waals surface area contributed by atoms with Crippen LogP contribution in [0.3, 0.4) is 0 Å². The fourth-order valence-corrected chi connectivity index (χ4v) is 2.10. The van der Waals surface area contributed by atoms with E-state index in [4.69, 9.17) is 0 Å². The molecule has 2 N–H and O–H groups in total. The van der Waals surface area contributed by atoms with E-state index < -0.39 is 17.2 Å². The monoisotopic (exact) mass is 283 g/mol. The van der Waals surface area contributed by atoms with Crippen molar-refractivity contribution in [3.05, 3.63) is 29.6 Å². The van der Waals surface area contributed by atoms with E-state index in [0.717, 1.165) is 11.8 Å². The van der Waals surface area contributed by atoms with Crippen LogP contribution in [0.15, 0.2) is 29.4 Å². The van der Waals surface area contributed by atoms with Gasteiger partial charge in [0.05, 0.1) is 5.25 Å². The second-order valence-electron chi connectivity index (χ2n) is 4.24. The van der Waals surface area contributed by atoms with Gasteiger partial charge >= 0.3 is 6.03 Å². The van der Waals surface area contributed by atoms with E-state index in [0.29, 0.717) is 9.76 Å². The first-order chi connectivity index (χ1) is 8.90. The zero-order valence-electron chi connectivity index (χ0n) is 11.0. The van der Waals surface area contributed by atoms with Gasteiger partial charge in [-0.25, -0.2) is 4.79 Å². The van der Waals surface area contributed by atoms with Crippen molar-refractivity contribution in [2.24, 2.45) is 0 Å². The summed E-state index contributed by atoms with van der Waals surface area (Å²) in [6.45, 7) is 5.23. The van der Waals surface area contributed by atoms with E-state index in [1.54, 1.807) is 39.0 Å². The molecule has 0 unspecified atom stereocenters. The highest BCUT2D eigenvalue weighted by Crippen LogP contribution is 2.19. The molecule has 0 saturated heterocycles. The molecule has 1 aromatic rings. The quantitative estimate of drug-likeness (QED) is 0.491. The maximum atomic E-state index is 11.7. The normalized spacial score (nSPS) is 12.0. The maximum absolute atomic E-state index is 11.7. The van der Waals surface area contributed by atoms with Crippen molar-refractivity contribution in [2.75, 3.05) is 0 Å². The smallest absolute Gasteiger partial charge is 0.321 e. The minimum Gasteiger partial charge on any atom is -0.618 e. The van der Waals surface area contributed by atoms with E-state index in [-0.39, 0.29) is 6.04 Å². The average molecular weight is 283 g/mol. The van der Waals surface area contributed by atoms with Gasteiger partial charge in [-0.15, -0.1) is 0 Å². The minimum atomic E-state index is -0.541. The number of carbonyl (C=O) groups is 2. The first-order valence-corrected chi connectivity index (χ1v) is 6.74. The predicted molar refractivity (Wildman–Crippen MR) is 72.5 cm³/mol. The number of pyridine rings is 1. The maximum Gasteiger partial charge on any atom is 0.321 e. The minimum absolute atomic E-state index is 0.0475. The van der Waals surface area contributed by atoms with Crippen LogP contribution in [0.4, 0.5) is 4.79 Å². The lowest BCUT2D eigenvalue weighted by Gasteiger charge is -2.12. The molecule has 0 radical (unpaired) electrons. The lowest BCUT2D eigenvalue weighted by molar-refractivity contribution is -0.645. The van der Waals surface area contributed by atoms with Crippen LogP contribution in [-0.4, -0.2) is 23.2 Å². The van der Waals surface area contributed by atoms with Gasteiger partial charge in [-0.3, -0.25) is 10.1 Å². The van der Waals surface area contributed by atoms with E-state index in [1.165, 1.54) is 6.20 Å². The summed E-state index contributed by atoms with van der Waals surface area (Å²) in [5, 5.41) is 16.1. The van der Waals surface area contributed by atoms with Crippen molar-refractivity contribution >= 4 is 23.7 Å². The molecule has 3 amide bonds. The van der Waals surface area contributed by atoms with Crippen molar-refractivity contribution < 1.29 is 14.3 Å². The standard InChI is InChI=1S/C12H17N3O3S/c1-8(2)13-12(17)14-11(16)9(3)19-10-6-4-5-7-15(10)18/h4-9H,1-3H3,(H2,13,14,16,17)/t9-/m0/s1. The van der Waals surface area contributed by atoms with Crippen LogP contribution in [0.25, 0.3) is 0 Å². The summed E-state index contributed by atoms with van der Waals surface area (Å²) >= 11 is 1.10. The Hall–Kier alpha value is -1.76. The first kappa shape index (κ1) is 15.3. The molecule has 0 fully saturated rings. The summed E-state index contributed by atoms with van der Waals surface area (Å²) in [5.74, 6) is -0.438. The molecule has 1 aromatic heterocycles. The van der Waals surface area contributed by atoms with Gasteiger partial charge in [0.1, 0.15) is 0 Å². The second kappa shape index (κ2) is 6.98. The van der Waals surface area contributed by atoms with Crippen molar-refractivity contribution in [1.82, 2.24) is 10.6 Å². The SMILES string of the molecule is CC(C)NC(=O)NC(=O)[C@H](C)Sc1cccc[n+]1[O-]. The summed E-state index contributed by atoms with van der Waals surface area (Å²) in [7, 11) is 0. The lowest BCUT2D eigenvalue weighted by Crippen LogP contribution is -2.45. The Morgan fingerprint density at radius 1 is 1.32 bits per heavy atom. The summed E-state index contributed by atoms with van der Waals surface area (Å²) in [5.41, 5.74) is 0. The third-order valence-electron chi connectivity index (χ3n) is 2.11. The van der Waals surface area contributed by atoms with Gasteiger partial charge in [0.25, 0.3) is 5.03 Å². The Morgan fingerprint density at radius 2 is 2.00 bits per heavy atom. The highest BCUT2D eigenvalue weighted by Gasteiger charge is 2.20. The van der Waals surface area contributed by atoms with E-state index in [2.05, 4.69) is 10.6 Å². The Balaban J connectivity index is 2.54. The summed E-state index contributed by atoms with van der Waals surface area (Å²) < 4.78 is 0.683. The molecule has 6 nitrogen and oxygen atoms in total. The van der Waals surface area contributed by atoms with Crippen molar-refractivity contribution in [2.45, 2.75) is 37.1 Å². The number of nitrogens with zero attached hydrogens (tertiary/aromatic N) is 1. The summed E-state index contributed by atoms with van der Waals surface area (Å²) in [6.07, 6.45) is 1.36. The number of aromatic nitrogens is 1. The van der Waals surface area contributed by atoms with Gasteiger partial charge in [-0.05, 0) is 38.6 Å². The van der Waals surface area contributed by atoms with Crippen molar-refractivity contribution in [3.8, 4) is 0 Å². The molecule has 0 aliphatic carbocycles. The lowest BCUT2D eigenvalue weighted by atomic mass is 10.4. The zero-order valence-corrected chi connectivity index (χ0v) is 11.9. The number of hydrogen-bond acceptors (Lipinski definition) is 4. The summed E-state index contributed by atoms with van der Waals surface area (Å²) in [6, 6.07) is 4.37. The summed E-state index contributed by atoms with van der Waals surface area (Å²) in [4.78, 5) is 23.1. The third-order valence-corrected chi connectivity index (χ3v) is 3.24. The van der Waals surface area contributed by atoms with Gasteiger partial charge in [0.2, 0.25) is 5.91 Å². The van der Waals surface area contributed by atoms with Crippen LogP contribution in [0.2, 0.25) is 0 Å². The molecule has 7 heteroatoms. The molecule has 0 bridgehead atoms. The molecule has 0 saturated carbocycles. The molecule has 0 aromatic carbocycles. The first-order valence-electron chi connectivity index (χ1n) is 5.86. The number of rotatable bonds is 4. The van der Waals surface area contributed by atoms with E-state index in [9.17, 15) is 14.8 Å². The van der Waals surface area contributed by atoms with Crippen molar-refractivity contribution in [3.63, 3.8) is 0 Å². The number of urea groups is 1. The Bertz CT molecular complexity index is 465. The molecule has 104 valence electrons. The van der Waals surface area contributed by atoms with E-state index >= 15 is 0 Å². The van der Waals surface area contributed by atoms with Crippen LogP contribution in [0.1, 0.15) is 20.8 Å². The van der Waals surface area contributed by atoms with Gasteiger partial charge in [0.15, 0.2) is 6.20 Å². The molecule has 1 atom stereocenters. The number of nitrogens with one attached hydrogen (secondary N) is 2. The average Bonchev–Trinajstić information content (AvgIpc) is 2.30. The van der Waals surface area contributed by atoms with Crippen LogP contribution >= 0.6 is 11.8 Å². The Labute approximate surface area is 116 Å². The molecule has 0 aliphatic heterocycles. The van der Waals surface area contributed by atoms with Crippen molar-refractivity contribution in [1.29, 1.82) is 0 Å². The fourth-order valence-electron chi connectivity index (χ4n) is 1.25. The molecule has 1 heterocycles. The van der Waals surface area contributed by atoms with Gasteiger partial charge in [0, 0.05) is 18.2 Å². The number of thioether (sulfide) groups is 1. The molecule has 0 aliphatic rings. The molecular weight excluding hydrogens is 266 g/mol. The molecule has 1 rings (SSSR count). The molecular formula is C12H17N3O3S. The van der Waals surface area contributed by atoms with E-state index in [1.807, 2.05) is 0 Å². The number of imide groups is 1. The second-order valence-corrected chi connectivity index (χ2v) is 5.60. The predicted octanol–water partition coefficient (Wildman–Crippen LogP) is 1.03. The Morgan fingerprint density at radius 3 is 2.58 bits per heavy atom.